The van der Waals surface area contributed by atoms with Crippen molar-refractivity contribution in [2.45, 2.75) is 46.6 Å². The molecule has 0 aromatic rings. The molecule has 2 amide bonds. The molecule has 2 N–H and O–H groups in total. The van der Waals surface area contributed by atoms with Crippen molar-refractivity contribution in [1.82, 2.24) is 10.2 Å². The van der Waals surface area contributed by atoms with Crippen molar-refractivity contribution in [3.63, 3.8) is 0 Å². The van der Waals surface area contributed by atoms with Crippen molar-refractivity contribution in [1.29, 1.82) is 0 Å². The van der Waals surface area contributed by atoms with E-state index in [0.717, 1.165) is 12.8 Å². The van der Waals surface area contributed by atoms with Crippen LogP contribution in [0.25, 0.3) is 0 Å². The number of piperidine rings is 1. The summed E-state index contributed by atoms with van der Waals surface area (Å²) in [6, 6.07) is 0.0366. The van der Waals surface area contributed by atoms with E-state index in [4.69, 9.17) is 5.11 Å². The van der Waals surface area contributed by atoms with Crippen LogP contribution in [-0.2, 0) is 14.4 Å². The van der Waals surface area contributed by atoms with Crippen LogP contribution in [0.4, 0.5) is 0 Å². The number of carbonyl (C=O) groups is 3. The van der Waals surface area contributed by atoms with Crippen LogP contribution in [0.1, 0.15) is 40.5 Å². The van der Waals surface area contributed by atoms with E-state index in [1.807, 2.05) is 32.6 Å². The molecule has 1 heterocycles. The molecule has 0 aromatic heterocycles. The van der Waals surface area contributed by atoms with Crippen molar-refractivity contribution < 1.29 is 19.5 Å². The first-order valence-electron chi connectivity index (χ1n) is 7.98. The van der Waals surface area contributed by atoms with Gasteiger partial charge in [-0.1, -0.05) is 27.7 Å². The van der Waals surface area contributed by atoms with Gasteiger partial charge in [-0.25, -0.2) is 0 Å². The van der Waals surface area contributed by atoms with Gasteiger partial charge in [0, 0.05) is 25.0 Å². The molecule has 0 bridgehead atoms. The van der Waals surface area contributed by atoms with Crippen molar-refractivity contribution in [3.8, 4) is 0 Å². The number of rotatable bonds is 4. The van der Waals surface area contributed by atoms with Crippen LogP contribution in [-0.4, -0.2) is 46.9 Å². The molecule has 1 aliphatic carbocycles. The number of carboxylic acid groups (broad SMARTS) is 1. The molecule has 22 heavy (non-hydrogen) atoms. The number of hydrogen-bond donors (Lipinski definition) is 2. The molecule has 0 aromatic carbocycles. The third kappa shape index (κ3) is 3.10. The fourth-order valence-electron chi connectivity index (χ4n) is 3.49. The van der Waals surface area contributed by atoms with Crippen LogP contribution in [0.5, 0.6) is 0 Å². The summed E-state index contributed by atoms with van der Waals surface area (Å²) in [7, 11) is 0. The van der Waals surface area contributed by atoms with E-state index in [0.29, 0.717) is 13.1 Å². The summed E-state index contributed by atoms with van der Waals surface area (Å²) < 4.78 is 0. The molecular weight excluding hydrogens is 284 g/mol. The highest BCUT2D eigenvalue weighted by Gasteiger charge is 2.66. The average Bonchev–Trinajstić information content (AvgIpc) is 3.02. The van der Waals surface area contributed by atoms with Gasteiger partial charge in [-0.2, -0.15) is 0 Å². The first-order valence-corrected chi connectivity index (χ1v) is 7.98. The molecule has 0 radical (unpaired) electrons. The lowest BCUT2D eigenvalue weighted by atomic mass is 10.0. The van der Waals surface area contributed by atoms with Gasteiger partial charge in [0.25, 0.3) is 0 Å². The number of nitrogens with zero attached hydrogens (tertiary/aromatic N) is 1. The van der Waals surface area contributed by atoms with E-state index in [1.165, 1.54) is 0 Å². The minimum absolute atomic E-state index is 0.00488. The fourth-order valence-corrected chi connectivity index (χ4v) is 3.49. The molecule has 1 saturated heterocycles. The maximum Gasteiger partial charge on any atom is 0.307 e. The number of aliphatic carboxylic acids is 1. The zero-order valence-electron chi connectivity index (χ0n) is 13.8. The third-order valence-corrected chi connectivity index (χ3v) is 5.02. The Balaban J connectivity index is 1.83. The SMILES string of the molecule is CC(C)C(=O)N1CCC(NC(=O)[C@@H]2[C@H](C(=O)O)C2(C)C)CC1. The second kappa shape index (κ2) is 5.89. The summed E-state index contributed by atoms with van der Waals surface area (Å²) in [6.07, 6.45) is 1.46. The van der Waals surface area contributed by atoms with Gasteiger partial charge in [-0.05, 0) is 18.3 Å². The molecule has 2 rings (SSSR count). The summed E-state index contributed by atoms with van der Waals surface area (Å²) >= 11 is 0. The molecule has 124 valence electrons. The van der Waals surface area contributed by atoms with Crippen molar-refractivity contribution in [2.24, 2.45) is 23.2 Å². The maximum absolute atomic E-state index is 12.3. The van der Waals surface area contributed by atoms with Crippen LogP contribution in [0.15, 0.2) is 0 Å². The van der Waals surface area contributed by atoms with Gasteiger partial charge in [-0.3, -0.25) is 14.4 Å². The van der Waals surface area contributed by atoms with E-state index in [-0.39, 0.29) is 23.8 Å². The van der Waals surface area contributed by atoms with E-state index < -0.39 is 23.2 Å². The lowest BCUT2D eigenvalue weighted by Gasteiger charge is -2.33. The zero-order chi connectivity index (χ0) is 16.7. The van der Waals surface area contributed by atoms with E-state index >= 15 is 0 Å². The van der Waals surface area contributed by atoms with E-state index in [9.17, 15) is 14.4 Å². The number of amides is 2. The standard InChI is InChI=1S/C16H26N2O4/c1-9(2)14(20)18-7-5-10(6-8-18)17-13(19)11-12(15(21)22)16(11,3)4/h9-12H,5-8H2,1-4H3,(H,17,19)(H,21,22)/t11-,12+/m0/s1. The number of carboxylic acids is 1. The minimum atomic E-state index is -0.900. The second-order valence-corrected chi connectivity index (χ2v) is 7.38. The van der Waals surface area contributed by atoms with Crippen LogP contribution >= 0.6 is 0 Å². The zero-order valence-corrected chi connectivity index (χ0v) is 13.8. The minimum Gasteiger partial charge on any atom is -0.481 e. The Morgan fingerprint density at radius 3 is 2.09 bits per heavy atom. The van der Waals surface area contributed by atoms with E-state index in [2.05, 4.69) is 5.32 Å². The number of carbonyl (C=O) groups excluding carboxylic acids is 2. The molecule has 1 saturated carbocycles. The molecule has 0 unspecified atom stereocenters. The topological polar surface area (TPSA) is 86.7 Å². The van der Waals surface area contributed by atoms with Gasteiger partial charge in [0.1, 0.15) is 0 Å². The fraction of sp³-hybridized carbons (Fsp3) is 0.812. The van der Waals surface area contributed by atoms with Gasteiger partial charge >= 0.3 is 5.97 Å². The Labute approximate surface area is 131 Å². The van der Waals surface area contributed by atoms with Crippen LogP contribution in [0.3, 0.4) is 0 Å². The average molecular weight is 310 g/mol. The second-order valence-electron chi connectivity index (χ2n) is 7.38. The van der Waals surface area contributed by atoms with Crippen LogP contribution in [0.2, 0.25) is 0 Å². The Morgan fingerprint density at radius 2 is 1.68 bits per heavy atom. The first-order chi connectivity index (χ1) is 10.2. The molecule has 6 nitrogen and oxygen atoms in total. The van der Waals surface area contributed by atoms with E-state index in [1.54, 1.807) is 0 Å². The van der Waals surface area contributed by atoms with Gasteiger partial charge in [0.15, 0.2) is 0 Å². The Hall–Kier alpha value is -1.59. The van der Waals surface area contributed by atoms with Crippen LogP contribution in [0, 0.1) is 23.2 Å². The summed E-state index contributed by atoms with van der Waals surface area (Å²) in [5.74, 6) is -1.95. The lowest BCUT2D eigenvalue weighted by Crippen LogP contribution is -2.48. The Bertz CT molecular complexity index is 479. The van der Waals surface area contributed by atoms with Crippen molar-refractivity contribution in [3.05, 3.63) is 0 Å². The molecular formula is C16H26N2O4. The summed E-state index contributed by atoms with van der Waals surface area (Å²) in [4.78, 5) is 37.2. The summed E-state index contributed by atoms with van der Waals surface area (Å²) in [6.45, 7) is 8.71. The summed E-state index contributed by atoms with van der Waals surface area (Å²) in [5, 5.41) is 12.1. The van der Waals surface area contributed by atoms with Gasteiger partial charge in [-0.15, -0.1) is 0 Å². The molecule has 0 spiro atoms. The van der Waals surface area contributed by atoms with Gasteiger partial charge in [0.2, 0.25) is 11.8 Å². The quantitative estimate of drug-likeness (QED) is 0.814. The highest BCUT2D eigenvalue weighted by Crippen LogP contribution is 2.58. The van der Waals surface area contributed by atoms with Gasteiger partial charge in [0.05, 0.1) is 11.8 Å². The smallest absolute Gasteiger partial charge is 0.307 e. The van der Waals surface area contributed by atoms with Gasteiger partial charge < -0.3 is 15.3 Å². The molecule has 1 aliphatic heterocycles. The predicted octanol–water partition coefficient (Wildman–Crippen LogP) is 1.11. The van der Waals surface area contributed by atoms with Crippen molar-refractivity contribution in [2.75, 3.05) is 13.1 Å². The molecule has 2 atom stereocenters. The number of likely N-dealkylation sites (tertiary alicyclic amines) is 1. The Kier molecular flexibility index (Phi) is 4.49. The first kappa shape index (κ1) is 16.8. The van der Waals surface area contributed by atoms with Crippen molar-refractivity contribution >= 4 is 17.8 Å². The summed E-state index contributed by atoms with van der Waals surface area (Å²) in [5.41, 5.74) is -0.468. The highest BCUT2D eigenvalue weighted by atomic mass is 16.4. The molecule has 2 aliphatic rings. The maximum atomic E-state index is 12.3. The predicted molar refractivity (Wildman–Crippen MR) is 81.0 cm³/mol. The molecule has 6 heteroatoms. The number of hydrogen-bond acceptors (Lipinski definition) is 3. The number of nitrogens with one attached hydrogen (secondary N) is 1. The normalized spacial score (nSPS) is 27.6. The monoisotopic (exact) mass is 310 g/mol. The Morgan fingerprint density at radius 1 is 1.14 bits per heavy atom. The largest absolute Gasteiger partial charge is 0.481 e. The lowest BCUT2D eigenvalue weighted by molar-refractivity contribution is -0.141. The third-order valence-electron chi connectivity index (χ3n) is 5.02. The van der Waals surface area contributed by atoms with Crippen LogP contribution < -0.4 is 5.32 Å². The highest BCUT2D eigenvalue weighted by molar-refractivity contribution is 5.91. The molecule has 2 fully saturated rings.